The minimum atomic E-state index is 0.120. The standard InChI is InChI=1S/C18H17NO2/c1-2-13-21-17-10-6-9-16-15(17)11-12-18(20)19(16)14-7-4-3-5-8-14/h2-10H,1,11-13H2. The summed E-state index contributed by atoms with van der Waals surface area (Å²) in [7, 11) is 0. The number of anilines is 2. The molecule has 0 saturated carbocycles. The van der Waals surface area contributed by atoms with E-state index in [4.69, 9.17) is 4.74 Å². The van der Waals surface area contributed by atoms with Gasteiger partial charge in [0, 0.05) is 17.7 Å². The monoisotopic (exact) mass is 279 g/mol. The molecule has 2 aromatic carbocycles. The summed E-state index contributed by atoms with van der Waals surface area (Å²) in [6.45, 7) is 4.14. The Kier molecular flexibility index (Phi) is 3.73. The zero-order valence-electron chi connectivity index (χ0n) is 11.8. The maximum Gasteiger partial charge on any atom is 0.231 e. The van der Waals surface area contributed by atoms with Gasteiger partial charge in [-0.2, -0.15) is 0 Å². The first kappa shape index (κ1) is 13.4. The summed E-state index contributed by atoms with van der Waals surface area (Å²) in [5, 5.41) is 0. The van der Waals surface area contributed by atoms with E-state index in [0.717, 1.165) is 22.7 Å². The lowest BCUT2D eigenvalue weighted by Crippen LogP contribution is -2.31. The van der Waals surface area contributed by atoms with Crippen LogP contribution in [0.25, 0.3) is 0 Å². The molecule has 0 saturated heterocycles. The van der Waals surface area contributed by atoms with Crippen molar-refractivity contribution in [1.82, 2.24) is 0 Å². The number of hydrogen-bond donors (Lipinski definition) is 0. The smallest absolute Gasteiger partial charge is 0.231 e. The first-order chi connectivity index (χ1) is 10.3. The molecule has 0 bridgehead atoms. The normalized spacial score (nSPS) is 13.7. The number of carbonyl (C=O) groups is 1. The molecule has 0 aliphatic carbocycles. The molecule has 3 rings (SSSR count). The van der Waals surface area contributed by atoms with Crippen molar-refractivity contribution < 1.29 is 9.53 Å². The van der Waals surface area contributed by atoms with Crippen LogP contribution < -0.4 is 9.64 Å². The van der Waals surface area contributed by atoms with Gasteiger partial charge in [0.2, 0.25) is 5.91 Å². The third-order valence-corrected chi connectivity index (χ3v) is 3.56. The topological polar surface area (TPSA) is 29.5 Å². The van der Waals surface area contributed by atoms with E-state index in [1.807, 2.05) is 48.5 Å². The molecule has 0 spiro atoms. The summed E-state index contributed by atoms with van der Waals surface area (Å²) < 4.78 is 5.72. The molecule has 0 unspecified atom stereocenters. The lowest BCUT2D eigenvalue weighted by atomic mass is 9.99. The predicted octanol–water partition coefficient (Wildman–Crippen LogP) is 3.86. The van der Waals surface area contributed by atoms with Crippen molar-refractivity contribution >= 4 is 17.3 Å². The Morgan fingerprint density at radius 1 is 1.10 bits per heavy atom. The molecule has 3 heteroatoms. The van der Waals surface area contributed by atoms with Crippen LogP contribution in [0.2, 0.25) is 0 Å². The summed E-state index contributed by atoms with van der Waals surface area (Å²) in [5.74, 6) is 0.954. The number of hydrogen-bond acceptors (Lipinski definition) is 2. The molecule has 0 aromatic heterocycles. The zero-order chi connectivity index (χ0) is 14.7. The van der Waals surface area contributed by atoms with Crippen molar-refractivity contribution in [2.24, 2.45) is 0 Å². The molecule has 1 heterocycles. The zero-order valence-corrected chi connectivity index (χ0v) is 11.8. The maximum atomic E-state index is 12.4. The highest BCUT2D eigenvalue weighted by molar-refractivity contribution is 6.03. The van der Waals surface area contributed by atoms with E-state index in [0.29, 0.717) is 19.4 Å². The van der Waals surface area contributed by atoms with Crippen LogP contribution >= 0.6 is 0 Å². The average molecular weight is 279 g/mol. The molecule has 0 fully saturated rings. The Bertz CT molecular complexity index is 664. The van der Waals surface area contributed by atoms with E-state index in [9.17, 15) is 4.79 Å². The molecule has 1 amide bonds. The van der Waals surface area contributed by atoms with E-state index in [2.05, 4.69) is 6.58 Å². The number of para-hydroxylation sites is 1. The minimum Gasteiger partial charge on any atom is -0.489 e. The van der Waals surface area contributed by atoms with E-state index in [1.54, 1.807) is 11.0 Å². The molecule has 21 heavy (non-hydrogen) atoms. The minimum absolute atomic E-state index is 0.120. The number of carbonyl (C=O) groups excluding carboxylic acids is 1. The summed E-state index contributed by atoms with van der Waals surface area (Å²) >= 11 is 0. The highest BCUT2D eigenvalue weighted by Gasteiger charge is 2.27. The molecule has 106 valence electrons. The number of ether oxygens (including phenoxy) is 1. The molecular weight excluding hydrogens is 262 g/mol. The molecule has 1 aliphatic heterocycles. The van der Waals surface area contributed by atoms with Gasteiger partial charge in [-0.25, -0.2) is 0 Å². The van der Waals surface area contributed by atoms with Crippen LogP contribution in [0.4, 0.5) is 11.4 Å². The van der Waals surface area contributed by atoms with E-state index in [-0.39, 0.29) is 5.91 Å². The van der Waals surface area contributed by atoms with E-state index < -0.39 is 0 Å². The Labute approximate surface area is 124 Å². The summed E-state index contributed by atoms with van der Waals surface area (Å²) in [5.41, 5.74) is 2.89. The van der Waals surface area contributed by atoms with Crippen LogP contribution in [0.1, 0.15) is 12.0 Å². The molecular formula is C18H17NO2. The van der Waals surface area contributed by atoms with Gasteiger partial charge in [0.15, 0.2) is 0 Å². The highest BCUT2D eigenvalue weighted by atomic mass is 16.5. The van der Waals surface area contributed by atoms with Gasteiger partial charge < -0.3 is 4.74 Å². The van der Waals surface area contributed by atoms with Gasteiger partial charge in [0.25, 0.3) is 0 Å². The van der Waals surface area contributed by atoms with Crippen molar-refractivity contribution in [2.45, 2.75) is 12.8 Å². The van der Waals surface area contributed by atoms with Crippen LogP contribution in [0.3, 0.4) is 0 Å². The first-order valence-corrected chi connectivity index (χ1v) is 7.05. The number of rotatable bonds is 4. The van der Waals surface area contributed by atoms with Gasteiger partial charge in [-0.3, -0.25) is 9.69 Å². The Morgan fingerprint density at radius 3 is 2.67 bits per heavy atom. The lowest BCUT2D eigenvalue weighted by molar-refractivity contribution is -0.118. The molecule has 0 radical (unpaired) electrons. The average Bonchev–Trinajstić information content (AvgIpc) is 2.53. The molecule has 0 atom stereocenters. The Morgan fingerprint density at radius 2 is 1.90 bits per heavy atom. The van der Waals surface area contributed by atoms with Crippen molar-refractivity contribution in [2.75, 3.05) is 11.5 Å². The van der Waals surface area contributed by atoms with Gasteiger partial charge >= 0.3 is 0 Å². The Hall–Kier alpha value is -2.55. The fraction of sp³-hybridized carbons (Fsp3) is 0.167. The molecule has 0 N–H and O–H groups in total. The van der Waals surface area contributed by atoms with Gasteiger partial charge in [0.1, 0.15) is 12.4 Å². The predicted molar refractivity (Wildman–Crippen MR) is 84.0 cm³/mol. The van der Waals surface area contributed by atoms with Gasteiger partial charge in [-0.15, -0.1) is 0 Å². The SMILES string of the molecule is C=CCOc1cccc2c1CCC(=O)N2c1ccccc1. The van der Waals surface area contributed by atoms with Crippen molar-refractivity contribution in [3.8, 4) is 5.75 Å². The van der Waals surface area contributed by atoms with Gasteiger partial charge in [0.05, 0.1) is 5.69 Å². The van der Waals surface area contributed by atoms with Crippen LogP contribution in [0, 0.1) is 0 Å². The molecule has 1 aliphatic rings. The fourth-order valence-electron chi connectivity index (χ4n) is 2.64. The summed E-state index contributed by atoms with van der Waals surface area (Å²) in [4.78, 5) is 14.1. The largest absolute Gasteiger partial charge is 0.489 e. The van der Waals surface area contributed by atoms with Gasteiger partial charge in [-0.05, 0) is 30.7 Å². The first-order valence-electron chi connectivity index (χ1n) is 7.05. The lowest BCUT2D eigenvalue weighted by Gasteiger charge is -2.30. The quantitative estimate of drug-likeness (QED) is 0.795. The van der Waals surface area contributed by atoms with Crippen LogP contribution in [0.15, 0.2) is 61.2 Å². The third kappa shape index (κ3) is 2.55. The molecule has 2 aromatic rings. The van der Waals surface area contributed by atoms with E-state index in [1.165, 1.54) is 0 Å². The second-order valence-corrected chi connectivity index (χ2v) is 4.92. The highest BCUT2D eigenvalue weighted by Crippen LogP contribution is 2.38. The van der Waals surface area contributed by atoms with Crippen LogP contribution in [-0.4, -0.2) is 12.5 Å². The Balaban J connectivity index is 2.06. The number of fused-ring (bicyclic) bond motifs is 1. The number of benzene rings is 2. The fourth-order valence-corrected chi connectivity index (χ4v) is 2.64. The molecule has 3 nitrogen and oxygen atoms in total. The van der Waals surface area contributed by atoms with Gasteiger partial charge in [-0.1, -0.05) is 36.9 Å². The van der Waals surface area contributed by atoms with Crippen molar-refractivity contribution in [3.05, 3.63) is 66.7 Å². The summed E-state index contributed by atoms with van der Waals surface area (Å²) in [6, 6.07) is 15.6. The van der Waals surface area contributed by atoms with Crippen LogP contribution in [-0.2, 0) is 11.2 Å². The number of nitrogens with zero attached hydrogens (tertiary/aromatic N) is 1. The second kappa shape index (κ2) is 5.83. The summed E-state index contributed by atoms with van der Waals surface area (Å²) in [6.07, 6.45) is 2.93. The number of amides is 1. The maximum absolute atomic E-state index is 12.4. The van der Waals surface area contributed by atoms with Crippen molar-refractivity contribution in [1.29, 1.82) is 0 Å². The third-order valence-electron chi connectivity index (χ3n) is 3.56. The van der Waals surface area contributed by atoms with Crippen LogP contribution in [0.5, 0.6) is 5.75 Å². The van der Waals surface area contributed by atoms with E-state index >= 15 is 0 Å². The second-order valence-electron chi connectivity index (χ2n) is 4.92. The van der Waals surface area contributed by atoms with Crippen molar-refractivity contribution in [3.63, 3.8) is 0 Å².